The standard InChI is InChI=1S/C26H23FN2O3S/c1-31-23-13-8-18(16-24(23)32-2)14-15-29(25(30)20-9-11-21(27)12-10-20)26-28-22(17-33-26)19-6-4-3-5-7-19/h3-13,16-17H,14-15H2,1-2H3. The average Bonchev–Trinajstić information content (AvgIpc) is 3.35. The van der Waals surface area contributed by atoms with E-state index in [-0.39, 0.29) is 11.7 Å². The number of hydrogen-bond donors (Lipinski definition) is 0. The molecule has 0 spiro atoms. The predicted octanol–water partition coefficient (Wildman–Crippen LogP) is 5.86. The Morgan fingerprint density at radius 1 is 0.970 bits per heavy atom. The zero-order valence-electron chi connectivity index (χ0n) is 18.3. The van der Waals surface area contributed by atoms with Gasteiger partial charge in [-0.2, -0.15) is 0 Å². The van der Waals surface area contributed by atoms with Gasteiger partial charge in [0, 0.05) is 23.1 Å². The van der Waals surface area contributed by atoms with Gasteiger partial charge in [-0.25, -0.2) is 9.37 Å². The maximum Gasteiger partial charge on any atom is 0.260 e. The normalized spacial score (nSPS) is 10.6. The summed E-state index contributed by atoms with van der Waals surface area (Å²) in [6, 6.07) is 21.1. The predicted molar refractivity (Wildman–Crippen MR) is 129 cm³/mol. The van der Waals surface area contributed by atoms with Crippen molar-refractivity contribution in [1.82, 2.24) is 4.98 Å². The molecular formula is C26H23FN2O3S. The molecule has 1 amide bonds. The van der Waals surface area contributed by atoms with Crippen LogP contribution in [0, 0.1) is 5.82 Å². The van der Waals surface area contributed by atoms with Gasteiger partial charge in [0.1, 0.15) is 5.82 Å². The van der Waals surface area contributed by atoms with Crippen molar-refractivity contribution >= 4 is 22.4 Å². The highest BCUT2D eigenvalue weighted by molar-refractivity contribution is 7.14. The van der Waals surface area contributed by atoms with Gasteiger partial charge in [-0.1, -0.05) is 36.4 Å². The number of nitrogens with zero attached hydrogens (tertiary/aromatic N) is 2. The van der Waals surface area contributed by atoms with Crippen LogP contribution in [0.15, 0.2) is 78.2 Å². The van der Waals surface area contributed by atoms with Gasteiger partial charge in [0.25, 0.3) is 5.91 Å². The zero-order chi connectivity index (χ0) is 23.2. The van der Waals surface area contributed by atoms with Crippen molar-refractivity contribution in [1.29, 1.82) is 0 Å². The van der Waals surface area contributed by atoms with Crippen LogP contribution >= 0.6 is 11.3 Å². The first-order valence-electron chi connectivity index (χ1n) is 10.4. The van der Waals surface area contributed by atoms with E-state index in [1.54, 1.807) is 19.1 Å². The van der Waals surface area contributed by atoms with E-state index in [0.717, 1.165) is 16.8 Å². The second-order valence-electron chi connectivity index (χ2n) is 7.28. The van der Waals surface area contributed by atoms with Crippen LogP contribution in [0.2, 0.25) is 0 Å². The molecule has 0 N–H and O–H groups in total. The van der Waals surface area contributed by atoms with Gasteiger partial charge in [0.2, 0.25) is 0 Å². The van der Waals surface area contributed by atoms with E-state index in [9.17, 15) is 9.18 Å². The molecule has 3 aromatic carbocycles. The molecule has 7 heteroatoms. The minimum absolute atomic E-state index is 0.232. The molecule has 0 aliphatic rings. The highest BCUT2D eigenvalue weighted by Gasteiger charge is 2.21. The number of halogens is 1. The van der Waals surface area contributed by atoms with Crippen molar-refractivity contribution in [3.05, 3.63) is 95.1 Å². The minimum Gasteiger partial charge on any atom is -0.493 e. The van der Waals surface area contributed by atoms with Crippen LogP contribution in [0.25, 0.3) is 11.3 Å². The Hall–Kier alpha value is -3.71. The lowest BCUT2D eigenvalue weighted by molar-refractivity contribution is 0.0987. The molecule has 33 heavy (non-hydrogen) atoms. The van der Waals surface area contributed by atoms with E-state index in [2.05, 4.69) is 0 Å². The number of methoxy groups -OCH3 is 2. The molecule has 0 aliphatic heterocycles. The van der Waals surface area contributed by atoms with Gasteiger partial charge in [0.15, 0.2) is 16.6 Å². The van der Waals surface area contributed by atoms with Crippen molar-refractivity contribution < 1.29 is 18.7 Å². The Morgan fingerprint density at radius 2 is 1.70 bits per heavy atom. The van der Waals surface area contributed by atoms with E-state index in [1.807, 2.05) is 53.9 Å². The largest absolute Gasteiger partial charge is 0.493 e. The molecule has 0 unspecified atom stereocenters. The molecule has 0 bridgehead atoms. The molecule has 0 radical (unpaired) electrons. The fourth-order valence-corrected chi connectivity index (χ4v) is 4.30. The molecule has 0 atom stereocenters. The van der Waals surface area contributed by atoms with Gasteiger partial charge in [-0.15, -0.1) is 11.3 Å². The van der Waals surface area contributed by atoms with Crippen molar-refractivity contribution in [2.24, 2.45) is 0 Å². The third-order valence-electron chi connectivity index (χ3n) is 5.20. The first-order chi connectivity index (χ1) is 16.1. The van der Waals surface area contributed by atoms with E-state index in [4.69, 9.17) is 14.5 Å². The van der Waals surface area contributed by atoms with Crippen molar-refractivity contribution in [2.75, 3.05) is 25.7 Å². The smallest absolute Gasteiger partial charge is 0.260 e. The Bertz CT molecular complexity index is 1230. The molecule has 4 rings (SSSR count). The summed E-state index contributed by atoms with van der Waals surface area (Å²) >= 11 is 1.40. The number of thiazole rings is 1. The molecule has 1 aromatic heterocycles. The summed E-state index contributed by atoms with van der Waals surface area (Å²) in [6.07, 6.45) is 0.577. The third kappa shape index (κ3) is 5.21. The summed E-state index contributed by atoms with van der Waals surface area (Å²) in [5, 5.41) is 2.52. The lowest BCUT2D eigenvalue weighted by Crippen LogP contribution is -2.33. The molecule has 168 valence electrons. The number of amides is 1. The van der Waals surface area contributed by atoms with E-state index < -0.39 is 0 Å². The Morgan fingerprint density at radius 3 is 2.39 bits per heavy atom. The van der Waals surface area contributed by atoms with Crippen molar-refractivity contribution in [3.8, 4) is 22.8 Å². The lowest BCUT2D eigenvalue weighted by Gasteiger charge is -2.20. The highest BCUT2D eigenvalue weighted by atomic mass is 32.1. The second kappa shape index (κ2) is 10.3. The minimum atomic E-state index is -0.385. The second-order valence-corrected chi connectivity index (χ2v) is 8.12. The van der Waals surface area contributed by atoms with Crippen molar-refractivity contribution in [3.63, 3.8) is 0 Å². The number of carbonyl (C=O) groups excluding carboxylic acids is 1. The van der Waals surface area contributed by atoms with Gasteiger partial charge in [0.05, 0.1) is 19.9 Å². The van der Waals surface area contributed by atoms with Crippen LogP contribution in [0.3, 0.4) is 0 Å². The van der Waals surface area contributed by atoms with Gasteiger partial charge >= 0.3 is 0 Å². The van der Waals surface area contributed by atoms with Crippen LogP contribution in [0.1, 0.15) is 15.9 Å². The molecule has 0 saturated carbocycles. The Labute approximate surface area is 196 Å². The monoisotopic (exact) mass is 462 g/mol. The molecule has 0 saturated heterocycles. The quantitative estimate of drug-likeness (QED) is 0.329. The third-order valence-corrected chi connectivity index (χ3v) is 6.06. The summed E-state index contributed by atoms with van der Waals surface area (Å²) in [4.78, 5) is 19.7. The van der Waals surface area contributed by atoms with Crippen LogP contribution in [0.5, 0.6) is 11.5 Å². The van der Waals surface area contributed by atoms with Gasteiger partial charge in [-0.05, 0) is 48.4 Å². The first-order valence-corrected chi connectivity index (χ1v) is 11.3. The number of ether oxygens (including phenoxy) is 2. The number of rotatable bonds is 8. The highest BCUT2D eigenvalue weighted by Crippen LogP contribution is 2.30. The summed E-state index contributed by atoms with van der Waals surface area (Å²) in [7, 11) is 3.18. The van der Waals surface area contributed by atoms with Crippen LogP contribution in [0.4, 0.5) is 9.52 Å². The lowest BCUT2D eigenvalue weighted by atomic mass is 10.1. The van der Waals surface area contributed by atoms with Crippen molar-refractivity contribution in [2.45, 2.75) is 6.42 Å². The maximum absolute atomic E-state index is 13.4. The topological polar surface area (TPSA) is 51.7 Å². The van der Waals surface area contributed by atoms with Crippen LogP contribution in [-0.2, 0) is 6.42 Å². The van der Waals surface area contributed by atoms with Gasteiger partial charge in [-0.3, -0.25) is 9.69 Å². The summed E-state index contributed by atoms with van der Waals surface area (Å²) in [5.41, 5.74) is 3.18. The fraction of sp³-hybridized carbons (Fsp3) is 0.154. The number of benzene rings is 3. The van der Waals surface area contributed by atoms with E-state index in [1.165, 1.54) is 35.6 Å². The van der Waals surface area contributed by atoms with Crippen LogP contribution < -0.4 is 14.4 Å². The summed E-state index contributed by atoms with van der Waals surface area (Å²) in [6.45, 7) is 0.396. The molecule has 1 heterocycles. The zero-order valence-corrected chi connectivity index (χ0v) is 19.1. The average molecular weight is 463 g/mol. The van der Waals surface area contributed by atoms with E-state index >= 15 is 0 Å². The number of anilines is 1. The molecule has 4 aromatic rings. The SMILES string of the molecule is COc1ccc(CCN(C(=O)c2ccc(F)cc2)c2nc(-c3ccccc3)cs2)cc1OC. The van der Waals surface area contributed by atoms with E-state index in [0.29, 0.717) is 35.2 Å². The summed E-state index contributed by atoms with van der Waals surface area (Å²) in [5.74, 6) is 0.661. The maximum atomic E-state index is 13.4. The number of aromatic nitrogens is 1. The molecule has 0 fully saturated rings. The molecule has 5 nitrogen and oxygen atoms in total. The summed E-state index contributed by atoms with van der Waals surface area (Å²) < 4.78 is 24.1. The Kier molecular flexibility index (Phi) is 7.00. The van der Waals surface area contributed by atoms with Crippen LogP contribution in [-0.4, -0.2) is 31.7 Å². The Balaban J connectivity index is 1.62. The fourth-order valence-electron chi connectivity index (χ4n) is 3.44. The first kappa shape index (κ1) is 22.5. The number of hydrogen-bond acceptors (Lipinski definition) is 5. The van der Waals surface area contributed by atoms with Gasteiger partial charge < -0.3 is 9.47 Å². The molecular weight excluding hydrogens is 439 g/mol. The molecule has 0 aliphatic carbocycles. The number of carbonyl (C=O) groups is 1.